The molecule has 2 aromatic carbocycles. The van der Waals surface area contributed by atoms with Gasteiger partial charge in [-0.25, -0.2) is 9.69 Å². The van der Waals surface area contributed by atoms with Gasteiger partial charge < -0.3 is 19.7 Å². The van der Waals surface area contributed by atoms with Crippen molar-refractivity contribution in [3.05, 3.63) is 59.2 Å². The number of carbonyl (C=O) groups excluding carboxylic acids is 3. The maximum absolute atomic E-state index is 13.9. The Morgan fingerprint density at radius 1 is 1.05 bits per heavy atom. The number of alkyl halides is 3. The second kappa shape index (κ2) is 8.47. The van der Waals surface area contributed by atoms with Crippen molar-refractivity contribution >= 4 is 23.5 Å². The average Bonchev–Trinajstić information content (AvgIpc) is 3.29. The fourth-order valence-electron chi connectivity index (χ4n) is 5.80. The van der Waals surface area contributed by atoms with E-state index in [1.165, 1.54) is 17.0 Å². The van der Waals surface area contributed by atoms with E-state index in [2.05, 4.69) is 10.1 Å². The second-order valence-electron chi connectivity index (χ2n) is 9.87. The molecule has 2 aliphatic heterocycles. The van der Waals surface area contributed by atoms with Gasteiger partial charge in [-0.2, -0.15) is 0 Å². The molecule has 1 saturated carbocycles. The molecule has 0 unspecified atom stereocenters. The van der Waals surface area contributed by atoms with Crippen molar-refractivity contribution in [1.82, 2.24) is 10.2 Å². The molecule has 0 bridgehead atoms. The number of carbonyl (C=O) groups is 3. The van der Waals surface area contributed by atoms with Crippen LogP contribution in [0.3, 0.4) is 0 Å². The molecule has 0 aromatic heterocycles. The third-order valence-corrected chi connectivity index (χ3v) is 7.47. The summed E-state index contributed by atoms with van der Waals surface area (Å²) in [4.78, 5) is 43.5. The lowest BCUT2D eigenvalue weighted by molar-refractivity contribution is -0.274. The van der Waals surface area contributed by atoms with Gasteiger partial charge in [-0.05, 0) is 61.7 Å². The van der Waals surface area contributed by atoms with E-state index in [0.29, 0.717) is 37.6 Å². The zero-order chi connectivity index (χ0) is 26.8. The molecule has 0 radical (unpaired) electrons. The average molecular weight is 518 g/mol. The molecule has 2 aromatic rings. The highest BCUT2D eigenvalue weighted by atomic mass is 19.4. The number of ether oxygens (including phenoxy) is 2. The Hall–Kier alpha value is -3.60. The number of amides is 4. The van der Waals surface area contributed by atoms with Crippen LogP contribution >= 0.6 is 0 Å². The highest BCUT2D eigenvalue weighted by Gasteiger charge is 2.87. The van der Waals surface area contributed by atoms with Crippen LogP contribution in [0.2, 0.25) is 0 Å². The quantitative estimate of drug-likeness (QED) is 0.626. The molecular formula is C26H26F3N3O5. The van der Waals surface area contributed by atoms with Gasteiger partial charge in [0.25, 0.3) is 0 Å². The third-order valence-electron chi connectivity index (χ3n) is 7.47. The van der Waals surface area contributed by atoms with Crippen LogP contribution in [-0.2, 0) is 19.9 Å². The number of halogens is 3. The molecule has 37 heavy (non-hydrogen) atoms. The zero-order valence-corrected chi connectivity index (χ0v) is 20.5. The molecule has 1 aliphatic carbocycles. The molecule has 1 N–H and O–H groups in total. The molecule has 3 atom stereocenters. The first-order chi connectivity index (χ1) is 17.4. The molecule has 3 fully saturated rings. The van der Waals surface area contributed by atoms with Gasteiger partial charge in [0.15, 0.2) is 0 Å². The predicted octanol–water partition coefficient (Wildman–Crippen LogP) is 3.65. The second-order valence-corrected chi connectivity index (χ2v) is 9.87. The topological polar surface area (TPSA) is 88.2 Å². The maximum Gasteiger partial charge on any atom is 0.573 e. The van der Waals surface area contributed by atoms with Gasteiger partial charge in [-0.3, -0.25) is 9.59 Å². The highest BCUT2D eigenvalue weighted by Crippen LogP contribution is 2.72. The van der Waals surface area contributed by atoms with Gasteiger partial charge in [-0.1, -0.05) is 18.2 Å². The summed E-state index contributed by atoms with van der Waals surface area (Å²) < 4.78 is 47.3. The van der Waals surface area contributed by atoms with Crippen LogP contribution in [0.25, 0.3) is 0 Å². The molecule has 3 aliphatic rings. The van der Waals surface area contributed by atoms with E-state index in [-0.39, 0.29) is 0 Å². The van der Waals surface area contributed by atoms with Gasteiger partial charge in [0.1, 0.15) is 5.75 Å². The van der Waals surface area contributed by atoms with Crippen LogP contribution in [0, 0.1) is 25.2 Å². The number of nitrogens with one attached hydrogen (secondary N) is 1. The number of anilines is 1. The Balaban J connectivity index is 1.53. The number of benzene rings is 2. The van der Waals surface area contributed by atoms with E-state index in [1.54, 1.807) is 19.1 Å². The summed E-state index contributed by atoms with van der Waals surface area (Å²) in [5, 5.41) is 2.92. The minimum atomic E-state index is -4.87. The smallest absolute Gasteiger partial charge is 0.406 e. The number of piperidine rings is 1. The first-order valence-electron chi connectivity index (χ1n) is 11.9. The van der Waals surface area contributed by atoms with Crippen molar-refractivity contribution in [3.8, 4) is 5.75 Å². The number of imide groups is 1. The monoisotopic (exact) mass is 517 g/mol. The number of rotatable bonds is 4. The molecule has 196 valence electrons. The largest absolute Gasteiger partial charge is 0.573 e. The lowest BCUT2D eigenvalue weighted by Crippen LogP contribution is -2.54. The van der Waals surface area contributed by atoms with E-state index in [0.717, 1.165) is 28.2 Å². The van der Waals surface area contributed by atoms with Crippen LogP contribution in [0.4, 0.5) is 23.7 Å². The molecule has 8 nitrogen and oxygen atoms in total. The van der Waals surface area contributed by atoms with Crippen LogP contribution < -0.4 is 15.0 Å². The van der Waals surface area contributed by atoms with Gasteiger partial charge >= 0.3 is 12.4 Å². The molecule has 2 saturated heterocycles. The standard InChI is InChI=1S/C26H26F3N3O5/c1-15-12-16(2)14-18(13-15)32-21(33)20-24(3,22(32)34)25(20,30-23(35)31-8-10-36-11-9-31)17-4-6-19(7-5-17)37-26(27,28)29/h4-7,12-14,20H,8-11H2,1-3H3,(H,30,35)/t20-,24-,25+/m1/s1. The normalized spacial score (nSPS) is 27.2. The summed E-state index contributed by atoms with van der Waals surface area (Å²) in [5.74, 6) is -2.34. The van der Waals surface area contributed by atoms with E-state index < -0.39 is 46.8 Å². The molecule has 0 spiro atoms. The van der Waals surface area contributed by atoms with Crippen LogP contribution in [0.15, 0.2) is 42.5 Å². The molecule has 11 heteroatoms. The molecule has 4 amide bonds. The minimum Gasteiger partial charge on any atom is -0.406 e. The number of fused-ring (bicyclic) bond motifs is 1. The summed E-state index contributed by atoms with van der Waals surface area (Å²) in [7, 11) is 0. The number of nitrogens with zero attached hydrogens (tertiary/aromatic N) is 2. The fraction of sp³-hybridized carbons (Fsp3) is 0.423. The SMILES string of the molecule is Cc1cc(C)cc(N2C(=O)[C@@H]3[C@](C)(C2=O)[C@]3(NC(=O)N2CCOCC2)c2ccc(OC(F)(F)F)cc2)c1. The van der Waals surface area contributed by atoms with E-state index in [1.807, 2.05) is 19.9 Å². The van der Waals surface area contributed by atoms with Crippen molar-refractivity contribution < 1.29 is 37.0 Å². The zero-order valence-electron chi connectivity index (χ0n) is 20.5. The predicted molar refractivity (Wildman–Crippen MR) is 126 cm³/mol. The van der Waals surface area contributed by atoms with Crippen LogP contribution in [0.1, 0.15) is 23.6 Å². The summed E-state index contributed by atoms with van der Waals surface area (Å²) in [6, 6.07) is 9.86. The summed E-state index contributed by atoms with van der Waals surface area (Å²) in [6.45, 7) is 6.70. The number of morpholine rings is 1. The first kappa shape index (κ1) is 25.1. The van der Waals surface area contributed by atoms with Crippen molar-refractivity contribution in [2.75, 3.05) is 31.2 Å². The van der Waals surface area contributed by atoms with Crippen molar-refractivity contribution in [2.24, 2.45) is 11.3 Å². The highest BCUT2D eigenvalue weighted by molar-refractivity contribution is 6.28. The Morgan fingerprint density at radius 3 is 2.16 bits per heavy atom. The molecule has 5 rings (SSSR count). The number of aryl methyl sites for hydroxylation is 2. The van der Waals surface area contributed by atoms with E-state index >= 15 is 0 Å². The van der Waals surface area contributed by atoms with Crippen molar-refractivity contribution in [3.63, 3.8) is 0 Å². The number of hydrogen-bond acceptors (Lipinski definition) is 5. The molecular weight excluding hydrogens is 491 g/mol. The lowest BCUT2D eigenvalue weighted by atomic mass is 9.92. The van der Waals surface area contributed by atoms with Crippen LogP contribution in [0.5, 0.6) is 5.75 Å². The Bertz CT molecular complexity index is 1250. The molecule has 2 heterocycles. The Morgan fingerprint density at radius 2 is 1.65 bits per heavy atom. The number of hydrogen-bond donors (Lipinski definition) is 1. The summed E-state index contributed by atoms with van der Waals surface area (Å²) >= 11 is 0. The first-order valence-corrected chi connectivity index (χ1v) is 11.9. The summed E-state index contributed by atoms with van der Waals surface area (Å²) in [6.07, 6.45) is -4.87. The van der Waals surface area contributed by atoms with Gasteiger partial charge in [-0.15, -0.1) is 13.2 Å². The van der Waals surface area contributed by atoms with E-state index in [9.17, 15) is 27.6 Å². The van der Waals surface area contributed by atoms with Gasteiger partial charge in [0.05, 0.1) is 35.8 Å². The van der Waals surface area contributed by atoms with Gasteiger partial charge in [0, 0.05) is 13.1 Å². The van der Waals surface area contributed by atoms with Crippen LogP contribution in [-0.4, -0.2) is 55.4 Å². The summed E-state index contributed by atoms with van der Waals surface area (Å²) in [5.41, 5.74) is -0.207. The Kier molecular flexibility index (Phi) is 5.74. The maximum atomic E-state index is 13.9. The lowest BCUT2D eigenvalue weighted by Gasteiger charge is -2.33. The van der Waals surface area contributed by atoms with Crippen molar-refractivity contribution in [2.45, 2.75) is 32.7 Å². The number of urea groups is 1. The van der Waals surface area contributed by atoms with Crippen molar-refractivity contribution in [1.29, 1.82) is 0 Å². The third kappa shape index (κ3) is 3.92. The minimum absolute atomic E-state index is 0.332. The fourth-order valence-corrected chi connectivity index (χ4v) is 5.80. The Labute approximate surface area is 211 Å². The van der Waals surface area contributed by atoms with E-state index in [4.69, 9.17) is 4.74 Å². The van der Waals surface area contributed by atoms with Gasteiger partial charge in [0.2, 0.25) is 11.8 Å².